The predicted molar refractivity (Wildman–Crippen MR) is 84.0 cm³/mol. The first-order chi connectivity index (χ1) is 10.2. The van der Waals surface area contributed by atoms with E-state index in [4.69, 9.17) is 5.26 Å². The van der Waals surface area contributed by atoms with Crippen LogP contribution in [-0.4, -0.2) is 36.1 Å². The smallest absolute Gasteiger partial charge is 0.321 e. The molecule has 110 valence electrons. The van der Waals surface area contributed by atoms with Crippen LogP contribution in [0.5, 0.6) is 0 Å². The molecule has 2 heterocycles. The summed E-state index contributed by atoms with van der Waals surface area (Å²) in [6, 6.07) is 8.23. The molecule has 1 aromatic rings. The summed E-state index contributed by atoms with van der Waals surface area (Å²) in [4.78, 5) is 14.2. The third-order valence-corrected chi connectivity index (χ3v) is 4.81. The molecule has 0 aromatic heterocycles. The lowest BCUT2D eigenvalue weighted by atomic mass is 10.1. The van der Waals surface area contributed by atoms with Crippen LogP contribution in [0.25, 0.3) is 0 Å². The lowest BCUT2D eigenvalue weighted by molar-refractivity contribution is 0.208. The van der Waals surface area contributed by atoms with Crippen LogP contribution >= 0.6 is 15.9 Å². The third kappa shape index (κ3) is 3.20. The van der Waals surface area contributed by atoms with Gasteiger partial charge in [0, 0.05) is 35.3 Å². The Balaban J connectivity index is 1.66. The molecular formula is C15H17BrN4O. The van der Waals surface area contributed by atoms with Crippen molar-refractivity contribution < 1.29 is 4.79 Å². The molecule has 0 saturated carbocycles. The maximum atomic E-state index is 12.4. The van der Waals surface area contributed by atoms with Crippen molar-refractivity contribution in [3.05, 3.63) is 28.2 Å². The molecule has 2 N–H and O–H groups in total. The number of carbonyl (C=O) groups is 1. The van der Waals surface area contributed by atoms with Gasteiger partial charge in [-0.15, -0.1) is 0 Å². The van der Waals surface area contributed by atoms with Crippen molar-refractivity contribution in [3.63, 3.8) is 0 Å². The standard InChI is InChI=1S/C15H17BrN4O/c16-14-7-12(2-1-10(14)8-17)19-15(21)20-6-5-11-3-4-13(9-20)18-11/h1-2,7,11,13,18H,3-6,9H2,(H,19,21). The number of nitrogens with one attached hydrogen (secondary N) is 2. The van der Waals surface area contributed by atoms with Crippen molar-refractivity contribution in [1.82, 2.24) is 10.2 Å². The molecule has 0 spiro atoms. The Morgan fingerprint density at radius 1 is 1.38 bits per heavy atom. The Bertz CT molecular complexity index is 598. The average Bonchev–Trinajstić information content (AvgIpc) is 2.78. The van der Waals surface area contributed by atoms with Crippen LogP contribution in [-0.2, 0) is 0 Å². The monoisotopic (exact) mass is 348 g/mol. The minimum atomic E-state index is -0.0686. The van der Waals surface area contributed by atoms with Gasteiger partial charge in [-0.1, -0.05) is 0 Å². The van der Waals surface area contributed by atoms with Gasteiger partial charge in [-0.3, -0.25) is 0 Å². The Labute approximate surface area is 132 Å². The summed E-state index contributed by atoms with van der Waals surface area (Å²) in [5, 5.41) is 15.4. The van der Waals surface area contributed by atoms with E-state index < -0.39 is 0 Å². The molecule has 2 bridgehead atoms. The molecule has 21 heavy (non-hydrogen) atoms. The second-order valence-corrected chi connectivity index (χ2v) is 6.46. The summed E-state index contributed by atoms with van der Waals surface area (Å²) in [6.45, 7) is 1.55. The number of nitrogens with zero attached hydrogens (tertiary/aromatic N) is 2. The van der Waals surface area contributed by atoms with E-state index in [1.807, 2.05) is 4.90 Å². The van der Waals surface area contributed by atoms with Gasteiger partial charge in [-0.05, 0) is 53.4 Å². The summed E-state index contributed by atoms with van der Waals surface area (Å²) in [5.74, 6) is 0. The zero-order valence-electron chi connectivity index (χ0n) is 11.6. The number of benzene rings is 1. The summed E-state index contributed by atoms with van der Waals surface area (Å²) in [5.41, 5.74) is 1.26. The highest BCUT2D eigenvalue weighted by Crippen LogP contribution is 2.23. The number of amides is 2. The SMILES string of the molecule is N#Cc1ccc(NC(=O)N2CCC3CCC(C2)N3)cc1Br. The van der Waals surface area contributed by atoms with Crippen LogP contribution < -0.4 is 10.6 Å². The summed E-state index contributed by atoms with van der Waals surface area (Å²) in [6.07, 6.45) is 3.39. The molecule has 2 atom stereocenters. The number of hydrogen-bond donors (Lipinski definition) is 2. The van der Waals surface area contributed by atoms with Crippen LogP contribution in [0.4, 0.5) is 10.5 Å². The van der Waals surface area contributed by atoms with E-state index >= 15 is 0 Å². The first-order valence-corrected chi connectivity index (χ1v) is 7.96. The van der Waals surface area contributed by atoms with E-state index in [-0.39, 0.29) is 6.03 Å². The van der Waals surface area contributed by atoms with E-state index in [1.165, 1.54) is 6.42 Å². The van der Waals surface area contributed by atoms with E-state index in [1.54, 1.807) is 18.2 Å². The van der Waals surface area contributed by atoms with E-state index in [9.17, 15) is 4.79 Å². The maximum Gasteiger partial charge on any atom is 0.321 e. The number of rotatable bonds is 1. The zero-order valence-corrected chi connectivity index (χ0v) is 13.2. The number of anilines is 1. The quantitative estimate of drug-likeness (QED) is 0.819. The van der Waals surface area contributed by atoms with Crippen molar-refractivity contribution in [3.8, 4) is 6.07 Å². The highest BCUT2D eigenvalue weighted by molar-refractivity contribution is 9.10. The second-order valence-electron chi connectivity index (χ2n) is 5.61. The molecule has 2 unspecified atom stereocenters. The highest BCUT2D eigenvalue weighted by atomic mass is 79.9. The van der Waals surface area contributed by atoms with Gasteiger partial charge in [0.2, 0.25) is 0 Å². The predicted octanol–water partition coefficient (Wildman–Crippen LogP) is 2.68. The molecule has 2 amide bonds. The van der Waals surface area contributed by atoms with Gasteiger partial charge in [0.05, 0.1) is 5.56 Å². The molecule has 2 aliphatic rings. The molecule has 5 nitrogen and oxygen atoms in total. The van der Waals surface area contributed by atoms with E-state index in [0.717, 1.165) is 25.9 Å². The molecule has 3 rings (SSSR count). The fourth-order valence-corrected chi connectivity index (χ4v) is 3.48. The highest BCUT2D eigenvalue weighted by Gasteiger charge is 2.31. The van der Waals surface area contributed by atoms with Crippen molar-refractivity contribution in [2.24, 2.45) is 0 Å². The number of likely N-dealkylation sites (tertiary alicyclic amines) is 1. The van der Waals surface area contributed by atoms with Gasteiger partial charge < -0.3 is 15.5 Å². The van der Waals surface area contributed by atoms with Crippen molar-refractivity contribution in [2.45, 2.75) is 31.3 Å². The number of fused-ring (bicyclic) bond motifs is 2. The molecule has 6 heteroatoms. The van der Waals surface area contributed by atoms with Crippen LogP contribution in [0, 0.1) is 11.3 Å². The Morgan fingerprint density at radius 3 is 2.95 bits per heavy atom. The summed E-state index contributed by atoms with van der Waals surface area (Å²) in [7, 11) is 0. The third-order valence-electron chi connectivity index (χ3n) is 4.15. The first kappa shape index (κ1) is 14.4. The normalized spacial score (nSPS) is 24.3. The first-order valence-electron chi connectivity index (χ1n) is 7.17. The molecular weight excluding hydrogens is 332 g/mol. The lowest BCUT2D eigenvalue weighted by Gasteiger charge is -2.24. The summed E-state index contributed by atoms with van der Waals surface area (Å²) >= 11 is 3.33. The van der Waals surface area contributed by atoms with Crippen LogP contribution in [0.15, 0.2) is 22.7 Å². The van der Waals surface area contributed by atoms with Gasteiger partial charge in [-0.2, -0.15) is 5.26 Å². The van der Waals surface area contributed by atoms with Crippen molar-refractivity contribution in [2.75, 3.05) is 18.4 Å². The minimum Gasteiger partial charge on any atom is -0.323 e. The number of urea groups is 1. The lowest BCUT2D eigenvalue weighted by Crippen LogP contribution is -2.41. The fourth-order valence-electron chi connectivity index (χ4n) is 3.01. The van der Waals surface area contributed by atoms with E-state index in [2.05, 4.69) is 32.6 Å². The van der Waals surface area contributed by atoms with Gasteiger partial charge in [0.25, 0.3) is 0 Å². The maximum absolute atomic E-state index is 12.4. The van der Waals surface area contributed by atoms with Gasteiger partial charge in [0.15, 0.2) is 0 Å². The number of halogens is 1. The minimum absolute atomic E-state index is 0.0686. The molecule has 2 aliphatic heterocycles. The average molecular weight is 349 g/mol. The molecule has 0 radical (unpaired) electrons. The van der Waals surface area contributed by atoms with Crippen molar-refractivity contribution >= 4 is 27.6 Å². The topological polar surface area (TPSA) is 68.2 Å². The van der Waals surface area contributed by atoms with E-state index in [0.29, 0.717) is 27.8 Å². The molecule has 1 aromatic carbocycles. The second kappa shape index (κ2) is 6.04. The largest absolute Gasteiger partial charge is 0.323 e. The zero-order chi connectivity index (χ0) is 14.8. The Hall–Kier alpha value is -1.58. The number of hydrogen-bond acceptors (Lipinski definition) is 3. The Morgan fingerprint density at radius 2 is 2.19 bits per heavy atom. The van der Waals surface area contributed by atoms with Crippen LogP contribution in [0.3, 0.4) is 0 Å². The van der Waals surface area contributed by atoms with Crippen LogP contribution in [0.1, 0.15) is 24.8 Å². The summed E-state index contributed by atoms with van der Waals surface area (Å²) < 4.78 is 0.694. The fraction of sp³-hybridized carbons (Fsp3) is 0.467. The molecule has 2 saturated heterocycles. The van der Waals surface area contributed by atoms with Gasteiger partial charge in [0.1, 0.15) is 6.07 Å². The number of nitriles is 1. The number of carbonyl (C=O) groups excluding carboxylic acids is 1. The van der Waals surface area contributed by atoms with Gasteiger partial charge >= 0.3 is 6.03 Å². The van der Waals surface area contributed by atoms with Crippen molar-refractivity contribution in [1.29, 1.82) is 5.26 Å². The Kier molecular flexibility index (Phi) is 4.13. The molecule has 2 fully saturated rings. The van der Waals surface area contributed by atoms with Gasteiger partial charge in [-0.25, -0.2) is 4.79 Å². The molecule has 0 aliphatic carbocycles. The van der Waals surface area contributed by atoms with Crippen LogP contribution in [0.2, 0.25) is 0 Å².